The maximum atomic E-state index is 11.6. The van der Waals surface area contributed by atoms with Gasteiger partial charge >= 0.3 is 5.97 Å². The number of nitrogens with zero attached hydrogens (tertiary/aromatic N) is 1. The quantitative estimate of drug-likeness (QED) is 0.338. The fourth-order valence-corrected chi connectivity index (χ4v) is 1.57. The highest BCUT2D eigenvalue weighted by atomic mass is 79.9. The van der Waals surface area contributed by atoms with E-state index < -0.39 is 5.97 Å². The van der Waals surface area contributed by atoms with Crippen molar-refractivity contribution >= 4 is 33.5 Å². The molecule has 0 spiro atoms. The van der Waals surface area contributed by atoms with Crippen LogP contribution >= 0.6 is 15.9 Å². The first kappa shape index (κ1) is 16.1. The molecule has 0 bridgehead atoms. The third kappa shape index (κ3) is 5.81. The van der Waals surface area contributed by atoms with Gasteiger partial charge in [-0.15, -0.1) is 0 Å². The zero-order valence-electron chi connectivity index (χ0n) is 10.5. The number of ether oxygens (including phenoxy) is 1. The predicted molar refractivity (Wildman–Crippen MR) is 70.1 cm³/mol. The lowest BCUT2D eigenvalue weighted by Crippen LogP contribution is -2.29. The van der Waals surface area contributed by atoms with E-state index in [0.29, 0.717) is 0 Å². The van der Waals surface area contributed by atoms with Crippen molar-refractivity contribution in [1.29, 1.82) is 0 Å². The van der Waals surface area contributed by atoms with E-state index >= 15 is 0 Å². The summed E-state index contributed by atoms with van der Waals surface area (Å²) >= 11 is 3.12. The highest BCUT2D eigenvalue weighted by Crippen LogP contribution is 2.06. The second kappa shape index (κ2) is 9.15. The summed E-state index contributed by atoms with van der Waals surface area (Å²) in [6.45, 7) is 5.88. The van der Waals surface area contributed by atoms with Crippen molar-refractivity contribution in [1.82, 2.24) is 5.43 Å². The summed E-state index contributed by atoms with van der Waals surface area (Å²) < 4.78 is 4.79. The number of alkyl halides is 1. The number of hydrogen-bond acceptors (Lipinski definition) is 4. The van der Waals surface area contributed by atoms with Gasteiger partial charge in [0.1, 0.15) is 0 Å². The van der Waals surface area contributed by atoms with Gasteiger partial charge in [-0.2, -0.15) is 5.10 Å². The number of nitrogens with one attached hydrogen (secondary N) is 1. The lowest BCUT2D eigenvalue weighted by Gasteiger charge is -2.10. The first-order valence-electron chi connectivity index (χ1n) is 5.70. The minimum atomic E-state index is -0.519. The van der Waals surface area contributed by atoms with Crippen molar-refractivity contribution in [3.8, 4) is 0 Å². The van der Waals surface area contributed by atoms with Crippen molar-refractivity contribution in [3.63, 3.8) is 0 Å². The van der Waals surface area contributed by atoms with E-state index in [1.165, 1.54) is 0 Å². The molecule has 0 saturated carbocycles. The van der Waals surface area contributed by atoms with Gasteiger partial charge in [0.2, 0.25) is 5.91 Å². The van der Waals surface area contributed by atoms with Crippen LogP contribution in [0.4, 0.5) is 0 Å². The number of carbonyl (C=O) groups is 2. The fraction of sp³-hybridized carbons (Fsp3) is 0.727. The maximum absolute atomic E-state index is 11.6. The number of carbonyl (C=O) groups excluding carboxylic acids is 2. The summed E-state index contributed by atoms with van der Waals surface area (Å²) in [5, 5.41) is 4.02. The second-order valence-corrected chi connectivity index (χ2v) is 3.96. The van der Waals surface area contributed by atoms with Crippen LogP contribution in [0.5, 0.6) is 0 Å². The fourth-order valence-electron chi connectivity index (χ4n) is 1.22. The minimum absolute atomic E-state index is 0.0717. The Bertz CT molecular complexity index is 288. The van der Waals surface area contributed by atoms with Gasteiger partial charge in [0.15, 0.2) is 5.71 Å². The molecule has 98 valence electrons. The largest absolute Gasteiger partial charge is 0.461 e. The van der Waals surface area contributed by atoms with Gasteiger partial charge in [-0.05, 0) is 19.8 Å². The molecule has 0 aliphatic rings. The highest BCUT2D eigenvalue weighted by molar-refractivity contribution is 9.09. The molecule has 0 aliphatic heterocycles. The number of esters is 1. The Morgan fingerprint density at radius 2 is 1.88 bits per heavy atom. The van der Waals surface area contributed by atoms with Crippen molar-refractivity contribution < 1.29 is 14.3 Å². The maximum Gasteiger partial charge on any atom is 0.355 e. The van der Waals surface area contributed by atoms with Crippen molar-refractivity contribution in [2.45, 2.75) is 33.6 Å². The Morgan fingerprint density at radius 3 is 2.29 bits per heavy atom. The number of amides is 1. The molecule has 0 atom stereocenters. The molecule has 0 fully saturated rings. The molecule has 0 unspecified atom stereocenters. The summed E-state index contributed by atoms with van der Waals surface area (Å²) in [5.74, 6) is -0.760. The lowest BCUT2D eigenvalue weighted by molar-refractivity contribution is -0.135. The predicted octanol–water partition coefficient (Wildman–Crippen LogP) is 1.85. The van der Waals surface area contributed by atoms with E-state index in [1.807, 2.05) is 13.8 Å². The summed E-state index contributed by atoms with van der Waals surface area (Å²) in [4.78, 5) is 23.0. The van der Waals surface area contributed by atoms with Gasteiger partial charge in [0.05, 0.1) is 11.9 Å². The zero-order chi connectivity index (χ0) is 13.3. The molecule has 17 heavy (non-hydrogen) atoms. The first-order chi connectivity index (χ1) is 8.10. The first-order valence-corrected chi connectivity index (χ1v) is 6.82. The molecular formula is C11H19BrN2O3. The van der Waals surface area contributed by atoms with Gasteiger partial charge in [-0.25, -0.2) is 10.2 Å². The van der Waals surface area contributed by atoms with E-state index in [4.69, 9.17) is 4.74 Å². The molecule has 0 aromatic rings. The molecule has 0 saturated heterocycles. The van der Waals surface area contributed by atoms with Crippen LogP contribution in [-0.4, -0.2) is 29.5 Å². The molecule has 1 amide bonds. The van der Waals surface area contributed by atoms with E-state index in [-0.39, 0.29) is 29.5 Å². The topological polar surface area (TPSA) is 67.8 Å². The molecule has 6 heteroatoms. The molecule has 0 rings (SSSR count). The van der Waals surface area contributed by atoms with E-state index in [0.717, 1.165) is 12.8 Å². The molecule has 1 N–H and O–H groups in total. The van der Waals surface area contributed by atoms with Crippen molar-refractivity contribution in [3.05, 3.63) is 0 Å². The lowest BCUT2D eigenvalue weighted by atomic mass is 10.0. The van der Waals surface area contributed by atoms with Crippen LogP contribution in [0.2, 0.25) is 0 Å². The summed E-state index contributed by atoms with van der Waals surface area (Å²) in [5.41, 5.74) is 2.55. The summed E-state index contributed by atoms with van der Waals surface area (Å²) in [6.07, 6.45) is 1.50. The molecule has 0 heterocycles. The van der Waals surface area contributed by atoms with Gasteiger partial charge in [0, 0.05) is 5.92 Å². The Balaban J connectivity index is 4.45. The van der Waals surface area contributed by atoms with Crippen LogP contribution in [0.15, 0.2) is 5.10 Å². The number of hydrazone groups is 1. The average molecular weight is 307 g/mol. The van der Waals surface area contributed by atoms with Crippen LogP contribution in [0.25, 0.3) is 0 Å². The summed E-state index contributed by atoms with van der Waals surface area (Å²) in [7, 11) is 0. The third-order valence-electron chi connectivity index (χ3n) is 2.30. The Morgan fingerprint density at radius 1 is 1.29 bits per heavy atom. The zero-order valence-corrected chi connectivity index (χ0v) is 12.0. The Labute approximate surface area is 110 Å². The van der Waals surface area contributed by atoms with Crippen LogP contribution < -0.4 is 5.43 Å². The average Bonchev–Trinajstić information content (AvgIpc) is 2.31. The van der Waals surface area contributed by atoms with E-state index in [1.54, 1.807) is 6.92 Å². The second-order valence-electron chi connectivity index (χ2n) is 3.40. The number of rotatable bonds is 7. The molecule has 5 nitrogen and oxygen atoms in total. The number of halogens is 1. The van der Waals surface area contributed by atoms with Crippen molar-refractivity contribution in [2.75, 3.05) is 11.9 Å². The third-order valence-corrected chi connectivity index (χ3v) is 2.83. The minimum Gasteiger partial charge on any atom is -0.461 e. The summed E-state index contributed by atoms with van der Waals surface area (Å²) in [6, 6.07) is 0. The SMILES string of the molecule is CCOC(=O)/C(CBr)=N/NC(=O)C(CC)CC. The van der Waals surface area contributed by atoms with E-state index in [9.17, 15) is 9.59 Å². The number of hydrogen-bond donors (Lipinski definition) is 1. The van der Waals surface area contributed by atoms with Crippen molar-refractivity contribution in [2.24, 2.45) is 11.0 Å². The molecular weight excluding hydrogens is 288 g/mol. The Hall–Kier alpha value is -0.910. The molecule has 0 radical (unpaired) electrons. The molecule has 0 aromatic carbocycles. The van der Waals surface area contributed by atoms with Gasteiger partial charge in [-0.1, -0.05) is 29.8 Å². The van der Waals surface area contributed by atoms with Gasteiger partial charge < -0.3 is 4.74 Å². The normalized spacial score (nSPS) is 11.5. The molecule has 0 aliphatic carbocycles. The van der Waals surface area contributed by atoms with Gasteiger partial charge in [0.25, 0.3) is 0 Å². The van der Waals surface area contributed by atoms with Crippen LogP contribution in [0.1, 0.15) is 33.6 Å². The standard InChI is InChI=1S/C11H19BrN2O3/c1-4-8(5-2)10(15)14-13-9(7-12)11(16)17-6-3/h8H,4-7H2,1-3H3,(H,14,15)/b13-9+. The van der Waals surface area contributed by atoms with Crippen LogP contribution in [-0.2, 0) is 14.3 Å². The Kier molecular flexibility index (Phi) is 8.66. The van der Waals surface area contributed by atoms with Crippen LogP contribution in [0.3, 0.4) is 0 Å². The highest BCUT2D eigenvalue weighted by Gasteiger charge is 2.15. The molecule has 0 aromatic heterocycles. The van der Waals surface area contributed by atoms with Crippen LogP contribution in [0, 0.1) is 5.92 Å². The van der Waals surface area contributed by atoms with Gasteiger partial charge in [-0.3, -0.25) is 4.79 Å². The van der Waals surface area contributed by atoms with E-state index in [2.05, 4.69) is 26.5 Å². The smallest absolute Gasteiger partial charge is 0.355 e. The monoisotopic (exact) mass is 306 g/mol.